The Morgan fingerprint density at radius 2 is 2.10 bits per heavy atom. The Balaban J connectivity index is 2.28. The van der Waals surface area contributed by atoms with Gasteiger partial charge in [0, 0.05) is 38.0 Å². The van der Waals surface area contributed by atoms with Gasteiger partial charge in [-0.1, -0.05) is 13.8 Å². The molecule has 0 aromatic carbocycles. The van der Waals surface area contributed by atoms with Gasteiger partial charge in [-0.2, -0.15) is 5.10 Å². The zero-order chi connectivity index (χ0) is 15.1. The molecule has 0 amide bonds. The van der Waals surface area contributed by atoms with Crippen LogP contribution in [0.4, 0.5) is 5.82 Å². The van der Waals surface area contributed by atoms with E-state index in [0.29, 0.717) is 12.4 Å². The van der Waals surface area contributed by atoms with E-state index in [0.717, 1.165) is 43.0 Å². The molecule has 2 heterocycles. The fourth-order valence-electron chi connectivity index (χ4n) is 2.03. The second-order valence-electron chi connectivity index (χ2n) is 4.91. The first-order chi connectivity index (χ1) is 10.3. The highest BCUT2D eigenvalue weighted by Crippen LogP contribution is 2.20. The summed E-state index contributed by atoms with van der Waals surface area (Å²) in [4.78, 5) is 9.00. The van der Waals surface area contributed by atoms with Crippen molar-refractivity contribution >= 4 is 5.82 Å². The number of nitrogens with zero attached hydrogens (tertiary/aromatic N) is 4. The van der Waals surface area contributed by atoms with Crippen LogP contribution in [0.5, 0.6) is 0 Å². The van der Waals surface area contributed by atoms with Crippen molar-refractivity contribution in [2.45, 2.75) is 39.8 Å². The number of ether oxygens (including phenoxy) is 1. The van der Waals surface area contributed by atoms with E-state index in [1.54, 1.807) is 7.11 Å². The predicted octanol–water partition coefficient (Wildman–Crippen LogP) is 2.72. The van der Waals surface area contributed by atoms with Crippen LogP contribution >= 0.6 is 0 Å². The molecule has 2 rings (SSSR count). The first-order valence-corrected chi connectivity index (χ1v) is 7.40. The SMILES string of the molecule is CCCNc1cc(-c2cnn(CCC)c2)nc(COC)n1. The Morgan fingerprint density at radius 1 is 1.24 bits per heavy atom. The maximum absolute atomic E-state index is 5.15. The van der Waals surface area contributed by atoms with Crippen molar-refractivity contribution in [2.75, 3.05) is 19.0 Å². The standard InChI is InChI=1S/C15H23N5O/c1-4-6-16-14-8-13(18-15(19-14)11-21-3)12-9-17-20(10-12)7-5-2/h8-10H,4-7,11H2,1-3H3,(H,16,18,19). The minimum Gasteiger partial charge on any atom is -0.377 e. The smallest absolute Gasteiger partial charge is 0.157 e. The lowest BCUT2D eigenvalue weighted by molar-refractivity contribution is 0.178. The number of hydrogen-bond acceptors (Lipinski definition) is 5. The zero-order valence-corrected chi connectivity index (χ0v) is 13.0. The van der Waals surface area contributed by atoms with Crippen molar-refractivity contribution in [3.8, 4) is 11.3 Å². The molecule has 0 fully saturated rings. The third-order valence-corrected chi connectivity index (χ3v) is 2.98. The van der Waals surface area contributed by atoms with Crippen LogP contribution in [-0.2, 0) is 17.9 Å². The third-order valence-electron chi connectivity index (χ3n) is 2.98. The number of hydrogen-bond donors (Lipinski definition) is 1. The molecule has 0 radical (unpaired) electrons. The fraction of sp³-hybridized carbons (Fsp3) is 0.533. The van der Waals surface area contributed by atoms with E-state index in [2.05, 4.69) is 34.2 Å². The average molecular weight is 289 g/mol. The summed E-state index contributed by atoms with van der Waals surface area (Å²) in [6, 6.07) is 1.96. The van der Waals surface area contributed by atoms with Crippen LogP contribution < -0.4 is 5.32 Å². The fourth-order valence-corrected chi connectivity index (χ4v) is 2.03. The van der Waals surface area contributed by atoms with Gasteiger partial charge in [-0.3, -0.25) is 4.68 Å². The normalized spacial score (nSPS) is 10.8. The lowest BCUT2D eigenvalue weighted by Gasteiger charge is -2.08. The van der Waals surface area contributed by atoms with E-state index in [1.165, 1.54) is 0 Å². The first kappa shape index (κ1) is 15.4. The summed E-state index contributed by atoms with van der Waals surface area (Å²) in [5.41, 5.74) is 1.88. The molecule has 0 atom stereocenters. The lowest BCUT2D eigenvalue weighted by Crippen LogP contribution is -2.06. The van der Waals surface area contributed by atoms with Crippen molar-refractivity contribution in [3.63, 3.8) is 0 Å². The monoisotopic (exact) mass is 289 g/mol. The van der Waals surface area contributed by atoms with E-state index in [9.17, 15) is 0 Å². The summed E-state index contributed by atoms with van der Waals surface area (Å²) in [6.07, 6.45) is 5.97. The molecule has 0 saturated heterocycles. The average Bonchev–Trinajstić information content (AvgIpc) is 2.94. The van der Waals surface area contributed by atoms with Crippen LogP contribution in [0.3, 0.4) is 0 Å². The quantitative estimate of drug-likeness (QED) is 0.809. The van der Waals surface area contributed by atoms with Gasteiger partial charge in [0.15, 0.2) is 5.82 Å². The number of anilines is 1. The number of rotatable bonds is 8. The molecule has 0 saturated carbocycles. The highest BCUT2D eigenvalue weighted by atomic mass is 16.5. The molecule has 2 aromatic heterocycles. The van der Waals surface area contributed by atoms with Gasteiger partial charge in [-0.15, -0.1) is 0 Å². The van der Waals surface area contributed by atoms with Crippen LogP contribution in [0, 0.1) is 0 Å². The van der Waals surface area contributed by atoms with Crippen LogP contribution in [0.2, 0.25) is 0 Å². The number of aromatic nitrogens is 4. The van der Waals surface area contributed by atoms with Gasteiger partial charge in [0.2, 0.25) is 0 Å². The van der Waals surface area contributed by atoms with Crippen LogP contribution in [-0.4, -0.2) is 33.4 Å². The Kier molecular flexibility index (Phi) is 5.68. The molecule has 6 heteroatoms. The van der Waals surface area contributed by atoms with E-state index in [-0.39, 0.29) is 0 Å². The van der Waals surface area contributed by atoms with Crippen molar-refractivity contribution in [2.24, 2.45) is 0 Å². The molecule has 0 aliphatic carbocycles. The summed E-state index contributed by atoms with van der Waals surface area (Å²) in [6.45, 7) is 6.46. The lowest BCUT2D eigenvalue weighted by atomic mass is 10.2. The van der Waals surface area contributed by atoms with E-state index >= 15 is 0 Å². The number of nitrogens with one attached hydrogen (secondary N) is 1. The third kappa shape index (κ3) is 4.26. The van der Waals surface area contributed by atoms with Crippen molar-refractivity contribution in [1.82, 2.24) is 19.7 Å². The largest absolute Gasteiger partial charge is 0.377 e. The number of aryl methyl sites for hydroxylation is 1. The Morgan fingerprint density at radius 3 is 2.81 bits per heavy atom. The molecule has 0 spiro atoms. The molecular formula is C15H23N5O. The zero-order valence-electron chi connectivity index (χ0n) is 13.0. The van der Waals surface area contributed by atoms with Gasteiger partial charge >= 0.3 is 0 Å². The topological polar surface area (TPSA) is 64.9 Å². The molecule has 0 aliphatic heterocycles. The van der Waals surface area contributed by atoms with Crippen molar-refractivity contribution in [3.05, 3.63) is 24.3 Å². The van der Waals surface area contributed by atoms with Crippen molar-refractivity contribution < 1.29 is 4.74 Å². The minimum absolute atomic E-state index is 0.401. The summed E-state index contributed by atoms with van der Waals surface area (Å²) >= 11 is 0. The van der Waals surface area contributed by atoms with Gasteiger partial charge in [-0.25, -0.2) is 9.97 Å². The summed E-state index contributed by atoms with van der Waals surface area (Å²) < 4.78 is 7.09. The maximum atomic E-state index is 5.15. The minimum atomic E-state index is 0.401. The van der Waals surface area contributed by atoms with E-state index in [1.807, 2.05) is 23.1 Å². The highest BCUT2D eigenvalue weighted by molar-refractivity contribution is 5.60. The summed E-state index contributed by atoms with van der Waals surface area (Å²) in [5.74, 6) is 1.51. The van der Waals surface area contributed by atoms with Gasteiger partial charge in [0.1, 0.15) is 12.4 Å². The first-order valence-electron chi connectivity index (χ1n) is 7.40. The molecular weight excluding hydrogens is 266 g/mol. The molecule has 114 valence electrons. The molecule has 0 aliphatic rings. The van der Waals surface area contributed by atoms with Gasteiger partial charge in [0.25, 0.3) is 0 Å². The molecule has 0 bridgehead atoms. The second kappa shape index (κ2) is 7.73. The maximum Gasteiger partial charge on any atom is 0.157 e. The van der Waals surface area contributed by atoms with Crippen LogP contribution in [0.1, 0.15) is 32.5 Å². The summed E-state index contributed by atoms with van der Waals surface area (Å²) in [5, 5.41) is 7.66. The van der Waals surface area contributed by atoms with E-state index < -0.39 is 0 Å². The Hall–Kier alpha value is -1.95. The highest BCUT2D eigenvalue weighted by Gasteiger charge is 2.08. The van der Waals surface area contributed by atoms with Gasteiger partial charge in [0.05, 0.1) is 11.9 Å². The van der Waals surface area contributed by atoms with Gasteiger partial charge < -0.3 is 10.1 Å². The molecule has 21 heavy (non-hydrogen) atoms. The van der Waals surface area contributed by atoms with E-state index in [4.69, 9.17) is 4.74 Å². The van der Waals surface area contributed by atoms with Crippen molar-refractivity contribution in [1.29, 1.82) is 0 Å². The molecule has 6 nitrogen and oxygen atoms in total. The Bertz CT molecular complexity index is 567. The molecule has 1 N–H and O–H groups in total. The van der Waals surface area contributed by atoms with Crippen LogP contribution in [0.25, 0.3) is 11.3 Å². The summed E-state index contributed by atoms with van der Waals surface area (Å²) in [7, 11) is 1.65. The second-order valence-corrected chi connectivity index (χ2v) is 4.91. The van der Waals surface area contributed by atoms with Gasteiger partial charge in [-0.05, 0) is 12.8 Å². The van der Waals surface area contributed by atoms with Crippen LogP contribution in [0.15, 0.2) is 18.5 Å². The molecule has 0 unspecified atom stereocenters. The Labute approximate surface area is 125 Å². The predicted molar refractivity (Wildman–Crippen MR) is 83.0 cm³/mol. The number of methoxy groups -OCH3 is 1. The molecule has 2 aromatic rings.